The minimum absolute atomic E-state index is 0.0857. The van der Waals surface area contributed by atoms with Crippen molar-refractivity contribution in [3.8, 4) is 11.5 Å². The zero-order valence-corrected chi connectivity index (χ0v) is 36.2. The van der Waals surface area contributed by atoms with Gasteiger partial charge in [0.1, 0.15) is 33.9 Å². The van der Waals surface area contributed by atoms with Crippen LogP contribution in [-0.4, -0.2) is 97.0 Å². The topological polar surface area (TPSA) is 232 Å². The molecule has 64 heavy (non-hydrogen) atoms. The molecule has 0 spiro atoms. The summed E-state index contributed by atoms with van der Waals surface area (Å²) in [5.41, 5.74) is 5.83. The highest BCUT2D eigenvalue weighted by molar-refractivity contribution is 6.05. The van der Waals surface area contributed by atoms with E-state index in [1.54, 1.807) is 33.6 Å². The predicted molar refractivity (Wildman–Crippen MR) is 236 cm³/mol. The van der Waals surface area contributed by atoms with Gasteiger partial charge in [0, 0.05) is 57.4 Å². The molecule has 0 aliphatic carbocycles. The fourth-order valence-electron chi connectivity index (χ4n) is 7.69. The van der Waals surface area contributed by atoms with E-state index in [-0.39, 0.29) is 56.2 Å². The molecule has 0 unspecified atom stereocenters. The number of hydrogen-bond acceptors (Lipinski definition) is 11. The van der Waals surface area contributed by atoms with E-state index in [4.69, 9.17) is 19.4 Å². The SMILES string of the molecule is CCn1nc(C)cc1C(=O)Nc1nc2cc(C)cc3c2n1C/C=C/Cn1c(NC(=O)c2cc(C)nn2CC)nc2cc(C(=O)NCCCn4cc(C(=O)O)cn4)cc(c21)OCCCO3. The number of rotatable bonds is 12. The molecule has 0 radical (unpaired) electrons. The van der Waals surface area contributed by atoms with Crippen molar-refractivity contribution in [1.82, 2.24) is 53.8 Å². The van der Waals surface area contributed by atoms with Crippen molar-refractivity contribution in [2.24, 2.45) is 0 Å². The number of aromatic nitrogens is 10. The van der Waals surface area contributed by atoms with E-state index >= 15 is 0 Å². The lowest BCUT2D eigenvalue weighted by atomic mass is 10.1. The Morgan fingerprint density at radius 1 is 0.719 bits per heavy atom. The summed E-state index contributed by atoms with van der Waals surface area (Å²) in [5.74, 6) is -0.654. The molecule has 6 heterocycles. The molecule has 2 aromatic carbocycles. The molecule has 1 aliphatic rings. The van der Waals surface area contributed by atoms with Crippen molar-refractivity contribution in [1.29, 1.82) is 0 Å². The summed E-state index contributed by atoms with van der Waals surface area (Å²) in [4.78, 5) is 62.2. The van der Waals surface area contributed by atoms with Crippen molar-refractivity contribution >= 4 is 57.7 Å². The Hall–Kier alpha value is -7.77. The molecule has 4 N–H and O–H groups in total. The maximum atomic E-state index is 13.9. The number of carbonyl (C=O) groups excluding carboxylic acids is 3. The van der Waals surface area contributed by atoms with Crippen LogP contribution in [0.1, 0.15) is 85.3 Å². The van der Waals surface area contributed by atoms with Crippen LogP contribution in [0.15, 0.2) is 60.9 Å². The predicted octanol–water partition coefficient (Wildman–Crippen LogP) is 5.38. The fourth-order valence-corrected chi connectivity index (χ4v) is 7.69. The van der Waals surface area contributed by atoms with Gasteiger partial charge >= 0.3 is 5.97 Å². The van der Waals surface area contributed by atoms with Gasteiger partial charge in [-0.2, -0.15) is 15.3 Å². The van der Waals surface area contributed by atoms with E-state index < -0.39 is 11.9 Å². The zero-order chi connectivity index (χ0) is 45.1. The molecule has 0 saturated heterocycles. The molecule has 5 aromatic heterocycles. The third-order valence-electron chi connectivity index (χ3n) is 10.6. The van der Waals surface area contributed by atoms with Crippen molar-refractivity contribution in [3.05, 3.63) is 100 Å². The van der Waals surface area contributed by atoms with Gasteiger partial charge in [-0.25, -0.2) is 14.8 Å². The number of carboxylic acids is 1. The quantitative estimate of drug-likeness (QED) is 0.0896. The second-order valence-electron chi connectivity index (χ2n) is 15.4. The van der Waals surface area contributed by atoms with Gasteiger partial charge in [0.15, 0.2) is 0 Å². The maximum absolute atomic E-state index is 13.9. The Balaban J connectivity index is 1.13. The molecular formula is C44H49N13O7. The van der Waals surface area contributed by atoms with E-state index in [1.807, 2.05) is 68.0 Å². The van der Waals surface area contributed by atoms with Gasteiger partial charge in [-0.1, -0.05) is 12.2 Å². The number of carboxylic acid groups (broad SMARTS) is 1. The van der Waals surface area contributed by atoms with Gasteiger partial charge in [-0.15, -0.1) is 0 Å². The molecule has 0 atom stereocenters. The number of nitrogens with zero attached hydrogens (tertiary/aromatic N) is 10. The van der Waals surface area contributed by atoms with Gasteiger partial charge in [-0.05, 0) is 83.0 Å². The number of nitrogens with one attached hydrogen (secondary N) is 3. The summed E-state index contributed by atoms with van der Waals surface area (Å²) in [5, 5.41) is 31.1. The molecule has 332 valence electrons. The first kappa shape index (κ1) is 42.9. The molecule has 0 saturated carbocycles. The minimum atomic E-state index is -1.06. The van der Waals surface area contributed by atoms with E-state index in [0.29, 0.717) is 94.6 Å². The summed E-state index contributed by atoms with van der Waals surface area (Å²) in [6.07, 6.45) is 7.52. The van der Waals surface area contributed by atoms with Crippen molar-refractivity contribution in [2.45, 2.75) is 80.2 Å². The number of benzene rings is 2. The normalized spacial score (nSPS) is 13.5. The number of ether oxygens (including phenoxy) is 2. The minimum Gasteiger partial charge on any atom is -0.491 e. The number of allylic oxidation sites excluding steroid dienone is 2. The number of carbonyl (C=O) groups is 4. The number of amides is 3. The van der Waals surface area contributed by atoms with E-state index in [1.165, 1.54) is 17.1 Å². The van der Waals surface area contributed by atoms with Gasteiger partial charge in [0.2, 0.25) is 11.9 Å². The van der Waals surface area contributed by atoms with Gasteiger partial charge in [0.05, 0.1) is 47.4 Å². The fraction of sp³-hybridized carbons (Fsp3) is 0.341. The highest BCUT2D eigenvalue weighted by Gasteiger charge is 2.24. The summed E-state index contributed by atoms with van der Waals surface area (Å²) < 4.78 is 21.4. The molecule has 7 aromatic rings. The molecule has 1 aliphatic heterocycles. The van der Waals surface area contributed by atoms with Crippen LogP contribution in [0.5, 0.6) is 11.5 Å². The van der Waals surface area contributed by atoms with Crippen LogP contribution in [-0.2, 0) is 32.7 Å². The lowest BCUT2D eigenvalue weighted by Crippen LogP contribution is -2.25. The number of imidazole rings is 2. The lowest BCUT2D eigenvalue weighted by molar-refractivity contribution is 0.0696. The van der Waals surface area contributed by atoms with Crippen LogP contribution in [0.2, 0.25) is 0 Å². The summed E-state index contributed by atoms with van der Waals surface area (Å²) in [6.45, 7) is 12.1. The highest BCUT2D eigenvalue weighted by atomic mass is 16.5. The smallest absolute Gasteiger partial charge is 0.338 e. The first-order valence-corrected chi connectivity index (χ1v) is 21.1. The zero-order valence-electron chi connectivity index (χ0n) is 36.2. The van der Waals surface area contributed by atoms with Crippen LogP contribution in [0.25, 0.3) is 22.1 Å². The average Bonchev–Trinajstić information content (AvgIpc) is 4.10. The standard InChI is InChI=1S/C44H49N13O7/c1-6-56-33(20-27(4)51-56)40(59)49-43-47-31-18-26(3)19-35-37(31)54(43)14-8-9-15-55-38-32(48-44(55)50-41(60)34-21-28(5)52-57(34)7-2)22-29(23-36(38)64-17-11-16-63-35)39(58)45-12-10-13-53-25-30(24-46-53)42(61)62/h8-9,18-25H,6-7,10-17H2,1-5H3,(H,45,58)(H,61,62)(H,47,49,59)(H,48,50,60)/b9-8+. The van der Waals surface area contributed by atoms with Crippen LogP contribution >= 0.6 is 0 Å². The summed E-state index contributed by atoms with van der Waals surface area (Å²) >= 11 is 0. The van der Waals surface area contributed by atoms with E-state index in [9.17, 15) is 24.3 Å². The second-order valence-corrected chi connectivity index (χ2v) is 15.4. The number of anilines is 2. The molecule has 0 fully saturated rings. The van der Waals surface area contributed by atoms with Crippen LogP contribution in [0.4, 0.5) is 11.9 Å². The molecule has 20 nitrogen and oxygen atoms in total. The van der Waals surface area contributed by atoms with Crippen LogP contribution < -0.4 is 25.4 Å². The Morgan fingerprint density at radius 3 is 1.83 bits per heavy atom. The van der Waals surface area contributed by atoms with Crippen LogP contribution in [0.3, 0.4) is 0 Å². The monoisotopic (exact) mass is 871 g/mol. The maximum Gasteiger partial charge on any atom is 0.338 e. The van der Waals surface area contributed by atoms with Gasteiger partial charge in [-0.3, -0.25) is 39.1 Å². The molecule has 0 bridgehead atoms. The Labute approximate surface area is 366 Å². The first-order valence-electron chi connectivity index (χ1n) is 21.1. The Bertz CT molecular complexity index is 2950. The lowest BCUT2D eigenvalue weighted by Gasteiger charge is -2.14. The average molecular weight is 872 g/mol. The largest absolute Gasteiger partial charge is 0.491 e. The number of aryl methyl sites for hydroxylation is 6. The number of aromatic carboxylic acids is 1. The highest BCUT2D eigenvalue weighted by Crippen LogP contribution is 2.34. The summed E-state index contributed by atoms with van der Waals surface area (Å²) in [6, 6.07) is 10.7. The van der Waals surface area contributed by atoms with Crippen molar-refractivity contribution in [2.75, 3.05) is 30.4 Å². The summed E-state index contributed by atoms with van der Waals surface area (Å²) in [7, 11) is 0. The van der Waals surface area contributed by atoms with E-state index in [0.717, 1.165) is 11.3 Å². The van der Waals surface area contributed by atoms with Gasteiger partial charge < -0.3 is 29.0 Å². The van der Waals surface area contributed by atoms with Crippen molar-refractivity contribution < 1.29 is 33.8 Å². The molecule has 3 amide bonds. The Kier molecular flexibility index (Phi) is 12.3. The Morgan fingerprint density at radius 2 is 1.28 bits per heavy atom. The third-order valence-corrected chi connectivity index (χ3v) is 10.6. The van der Waals surface area contributed by atoms with E-state index in [2.05, 4.69) is 31.2 Å². The molecular weight excluding hydrogens is 823 g/mol. The third kappa shape index (κ3) is 8.92. The number of hydrogen-bond donors (Lipinski definition) is 4. The van der Waals surface area contributed by atoms with Crippen molar-refractivity contribution in [3.63, 3.8) is 0 Å². The molecule has 20 heteroatoms. The molecule has 8 rings (SSSR count). The first-order chi connectivity index (χ1) is 30.9. The van der Waals surface area contributed by atoms with Gasteiger partial charge in [0.25, 0.3) is 17.7 Å². The second kappa shape index (κ2) is 18.3. The van der Waals surface area contributed by atoms with Crippen LogP contribution in [0, 0.1) is 20.8 Å².